The summed E-state index contributed by atoms with van der Waals surface area (Å²) in [4.78, 5) is 40.0. The van der Waals surface area contributed by atoms with Crippen LogP contribution in [0.5, 0.6) is 0 Å². The van der Waals surface area contributed by atoms with Crippen LogP contribution >= 0.6 is 11.6 Å². The molecule has 0 radical (unpaired) electrons. The van der Waals surface area contributed by atoms with Gasteiger partial charge in [-0.15, -0.1) is 0 Å². The standard InChI is InChI=1S/C33H37ClFN5O3/c1-19(2)22-13-10-11-20(3)28(22)40-30-24(17-25(34)27(36-30)23-12-8-9-14-26(23)35)29(37-31(40)41)39-16-15-38(18-21(39)4)32(42)43-33(5,6)7/h8-14,17,19,21H,15-16,18H2,1-7H3/t21-/m0/s1. The molecule has 226 valence electrons. The van der Waals surface area contributed by atoms with Gasteiger partial charge in [0.25, 0.3) is 0 Å². The third kappa shape index (κ3) is 5.95. The van der Waals surface area contributed by atoms with Crippen LogP contribution in [0.1, 0.15) is 58.6 Å². The van der Waals surface area contributed by atoms with Gasteiger partial charge in [-0.2, -0.15) is 4.98 Å². The molecule has 1 saturated heterocycles. The Morgan fingerprint density at radius 2 is 1.81 bits per heavy atom. The van der Waals surface area contributed by atoms with E-state index >= 15 is 0 Å². The summed E-state index contributed by atoms with van der Waals surface area (Å²) >= 11 is 6.80. The molecule has 8 nitrogen and oxygen atoms in total. The summed E-state index contributed by atoms with van der Waals surface area (Å²) in [6.07, 6.45) is -0.382. The maximum atomic E-state index is 15.0. The normalized spacial score (nSPS) is 15.8. The van der Waals surface area contributed by atoms with Crippen LogP contribution in [0.4, 0.5) is 15.0 Å². The summed E-state index contributed by atoms with van der Waals surface area (Å²) in [6.45, 7) is 14.7. The second-order valence-electron chi connectivity index (χ2n) is 12.4. The van der Waals surface area contributed by atoms with E-state index in [4.69, 9.17) is 21.3 Å². The van der Waals surface area contributed by atoms with Crippen molar-refractivity contribution < 1.29 is 13.9 Å². The molecule has 1 aliphatic heterocycles. The van der Waals surface area contributed by atoms with Crippen molar-refractivity contribution in [3.8, 4) is 16.9 Å². The number of anilines is 1. The maximum absolute atomic E-state index is 15.0. The number of fused-ring (bicyclic) bond motifs is 1. The molecule has 1 aliphatic rings. The number of para-hydroxylation sites is 1. The molecule has 0 N–H and O–H groups in total. The Labute approximate surface area is 256 Å². The summed E-state index contributed by atoms with van der Waals surface area (Å²) in [6, 6.07) is 13.7. The first-order chi connectivity index (χ1) is 20.3. The van der Waals surface area contributed by atoms with Crippen molar-refractivity contribution in [1.29, 1.82) is 0 Å². The predicted molar refractivity (Wildman–Crippen MR) is 169 cm³/mol. The molecule has 2 aromatic heterocycles. The molecule has 10 heteroatoms. The number of rotatable bonds is 4. The zero-order valence-electron chi connectivity index (χ0n) is 25.6. The molecule has 5 rings (SSSR count). The topological polar surface area (TPSA) is 80.6 Å². The molecule has 1 atom stereocenters. The van der Waals surface area contributed by atoms with Gasteiger partial charge < -0.3 is 14.5 Å². The van der Waals surface area contributed by atoms with Crippen LogP contribution in [0.25, 0.3) is 28.0 Å². The van der Waals surface area contributed by atoms with Gasteiger partial charge in [0, 0.05) is 31.2 Å². The van der Waals surface area contributed by atoms with Crippen LogP contribution in [-0.4, -0.2) is 56.8 Å². The zero-order valence-corrected chi connectivity index (χ0v) is 26.4. The maximum Gasteiger partial charge on any atom is 0.410 e. The molecular formula is C33H37ClFN5O3. The minimum Gasteiger partial charge on any atom is -0.444 e. The largest absolute Gasteiger partial charge is 0.444 e. The summed E-state index contributed by atoms with van der Waals surface area (Å²) in [5.41, 5.74) is 2.23. The Morgan fingerprint density at radius 3 is 2.47 bits per heavy atom. The lowest BCUT2D eigenvalue weighted by atomic mass is 9.98. The highest BCUT2D eigenvalue weighted by molar-refractivity contribution is 6.33. The van der Waals surface area contributed by atoms with Crippen LogP contribution in [0, 0.1) is 12.7 Å². The first-order valence-electron chi connectivity index (χ1n) is 14.5. The fraction of sp³-hybridized carbons (Fsp3) is 0.394. The molecule has 43 heavy (non-hydrogen) atoms. The number of amides is 1. The van der Waals surface area contributed by atoms with Gasteiger partial charge in [0.1, 0.15) is 17.2 Å². The molecule has 2 aromatic carbocycles. The van der Waals surface area contributed by atoms with E-state index in [1.807, 2.05) is 57.7 Å². The van der Waals surface area contributed by atoms with E-state index < -0.39 is 17.1 Å². The Bertz CT molecular complexity index is 1760. The van der Waals surface area contributed by atoms with Crippen molar-refractivity contribution in [3.63, 3.8) is 0 Å². The Morgan fingerprint density at radius 1 is 1.09 bits per heavy atom. The lowest BCUT2D eigenvalue weighted by molar-refractivity contribution is 0.0218. The van der Waals surface area contributed by atoms with Crippen LogP contribution in [-0.2, 0) is 4.74 Å². The third-order valence-corrected chi connectivity index (χ3v) is 7.88. The number of hydrogen-bond donors (Lipinski definition) is 0. The highest BCUT2D eigenvalue weighted by Gasteiger charge is 2.33. The number of nitrogens with zero attached hydrogens (tertiary/aromatic N) is 5. The lowest BCUT2D eigenvalue weighted by Gasteiger charge is -2.41. The first-order valence-corrected chi connectivity index (χ1v) is 14.9. The second kappa shape index (κ2) is 11.6. The van der Waals surface area contributed by atoms with Gasteiger partial charge in [-0.25, -0.2) is 23.5 Å². The number of benzene rings is 2. The molecule has 0 spiro atoms. The van der Waals surface area contributed by atoms with E-state index in [9.17, 15) is 14.0 Å². The number of aromatic nitrogens is 3. The van der Waals surface area contributed by atoms with Gasteiger partial charge in [-0.1, -0.05) is 55.8 Å². The number of piperazine rings is 1. The Kier molecular flexibility index (Phi) is 8.22. The van der Waals surface area contributed by atoms with E-state index in [0.29, 0.717) is 42.2 Å². The minimum absolute atomic E-state index is 0.107. The van der Waals surface area contributed by atoms with E-state index in [1.165, 1.54) is 10.6 Å². The monoisotopic (exact) mass is 605 g/mol. The quantitative estimate of drug-likeness (QED) is 0.246. The average molecular weight is 606 g/mol. The SMILES string of the molecule is Cc1cccc(C(C)C)c1-n1c(=O)nc(N2CCN(C(=O)OC(C)(C)C)C[C@@H]2C)c2cc(Cl)c(-c3ccccc3F)nc21. The number of aryl methyl sites for hydroxylation is 1. The van der Waals surface area contributed by atoms with Crippen molar-refractivity contribution in [2.75, 3.05) is 24.5 Å². The number of carbonyl (C=O) groups is 1. The number of ether oxygens (including phenoxy) is 1. The molecule has 0 unspecified atom stereocenters. The molecule has 0 aliphatic carbocycles. The lowest BCUT2D eigenvalue weighted by Crippen LogP contribution is -2.55. The highest BCUT2D eigenvalue weighted by atomic mass is 35.5. The minimum atomic E-state index is -0.609. The Hall–Kier alpha value is -3.98. The molecular weight excluding hydrogens is 569 g/mol. The van der Waals surface area contributed by atoms with Gasteiger partial charge in [0.2, 0.25) is 0 Å². The van der Waals surface area contributed by atoms with E-state index in [2.05, 4.69) is 18.8 Å². The fourth-order valence-electron chi connectivity index (χ4n) is 5.59. The second-order valence-corrected chi connectivity index (χ2v) is 12.8. The van der Waals surface area contributed by atoms with Crippen LogP contribution in [0.15, 0.2) is 53.3 Å². The van der Waals surface area contributed by atoms with E-state index in [1.54, 1.807) is 29.2 Å². The zero-order chi connectivity index (χ0) is 31.2. The van der Waals surface area contributed by atoms with Crippen molar-refractivity contribution in [3.05, 3.63) is 81.0 Å². The molecule has 1 fully saturated rings. The first kappa shape index (κ1) is 30.5. The third-order valence-electron chi connectivity index (χ3n) is 7.60. The molecule has 0 saturated carbocycles. The molecule has 4 aromatic rings. The van der Waals surface area contributed by atoms with Gasteiger partial charge >= 0.3 is 11.8 Å². The number of halogens is 2. The van der Waals surface area contributed by atoms with E-state index in [0.717, 1.165) is 11.1 Å². The number of pyridine rings is 1. The van der Waals surface area contributed by atoms with Crippen molar-refractivity contribution in [2.45, 2.75) is 66.0 Å². The van der Waals surface area contributed by atoms with Gasteiger partial charge in [0.15, 0.2) is 5.65 Å². The average Bonchev–Trinajstić information content (AvgIpc) is 2.92. The summed E-state index contributed by atoms with van der Waals surface area (Å²) in [5, 5.41) is 0.792. The molecule has 0 bridgehead atoms. The number of hydrogen-bond acceptors (Lipinski definition) is 6. The van der Waals surface area contributed by atoms with Crippen molar-refractivity contribution >= 4 is 34.5 Å². The molecule has 3 heterocycles. The summed E-state index contributed by atoms with van der Waals surface area (Å²) in [5.74, 6) is 0.0580. The van der Waals surface area contributed by atoms with E-state index in [-0.39, 0.29) is 34.3 Å². The molecule has 1 amide bonds. The van der Waals surface area contributed by atoms with Crippen molar-refractivity contribution in [1.82, 2.24) is 19.4 Å². The summed E-state index contributed by atoms with van der Waals surface area (Å²) in [7, 11) is 0. The number of carbonyl (C=O) groups excluding carboxylic acids is 1. The van der Waals surface area contributed by atoms with Crippen LogP contribution in [0.3, 0.4) is 0 Å². The van der Waals surface area contributed by atoms with Crippen molar-refractivity contribution in [2.24, 2.45) is 0 Å². The van der Waals surface area contributed by atoms with Crippen LogP contribution in [0.2, 0.25) is 5.02 Å². The smallest absolute Gasteiger partial charge is 0.410 e. The summed E-state index contributed by atoms with van der Waals surface area (Å²) < 4.78 is 22.1. The van der Waals surface area contributed by atoms with Crippen LogP contribution < -0.4 is 10.6 Å². The predicted octanol–water partition coefficient (Wildman–Crippen LogP) is 7.12. The van der Waals surface area contributed by atoms with Gasteiger partial charge in [0.05, 0.1) is 21.8 Å². The highest BCUT2D eigenvalue weighted by Crippen LogP contribution is 2.36. The fourth-order valence-corrected chi connectivity index (χ4v) is 5.84. The Balaban J connectivity index is 1.72. The van der Waals surface area contributed by atoms with Gasteiger partial charge in [-0.3, -0.25) is 0 Å². The van der Waals surface area contributed by atoms with Gasteiger partial charge in [-0.05, 0) is 69.9 Å².